The first kappa shape index (κ1) is 42.7. The molecule has 1 heterocycles. The van der Waals surface area contributed by atoms with Crippen LogP contribution in [0.2, 0.25) is 0 Å². The Hall–Kier alpha value is -3.94. The molecule has 5 amide bonds. The Labute approximate surface area is 338 Å². The van der Waals surface area contributed by atoms with E-state index in [1.54, 1.807) is 30.1 Å². The Morgan fingerprint density at radius 1 is 0.895 bits per heavy atom. The lowest BCUT2D eigenvalue weighted by Crippen LogP contribution is -2.62. The summed E-state index contributed by atoms with van der Waals surface area (Å²) >= 11 is 0. The molecule has 6 atom stereocenters. The molecule has 314 valence electrons. The van der Waals surface area contributed by atoms with Gasteiger partial charge in [0.25, 0.3) is 15.9 Å². The first-order valence-electron chi connectivity index (χ1n) is 21.1. The fourth-order valence-electron chi connectivity index (χ4n) is 9.64. The number of sulfonamides is 1. The van der Waals surface area contributed by atoms with Gasteiger partial charge in [-0.25, -0.2) is 13.1 Å². The Morgan fingerprint density at radius 2 is 1.56 bits per heavy atom. The Kier molecular flexibility index (Phi) is 12.3. The minimum absolute atomic E-state index is 0.0381. The summed E-state index contributed by atoms with van der Waals surface area (Å²) in [6.45, 7) is 14.0. The number of likely N-dealkylation sites (tertiary alicyclic amines) is 1. The van der Waals surface area contributed by atoms with Crippen LogP contribution in [0.4, 0.5) is 5.69 Å². The summed E-state index contributed by atoms with van der Waals surface area (Å²) in [6, 6.07) is 3.44. The van der Waals surface area contributed by atoms with Crippen molar-refractivity contribution in [1.82, 2.24) is 25.6 Å². The maximum absolute atomic E-state index is 15.1. The van der Waals surface area contributed by atoms with Crippen LogP contribution in [0, 0.1) is 40.4 Å². The monoisotopic (exact) mass is 808 g/mol. The SMILES string of the molecule is C=C[C@@H]1C[C@]1(NC(=O)[C@@H]1C[C@@](C(C)C)(C2CCC2)CN1C(=O)[C@@H](NC(=O)[C@@H](NC(=O)C1CC1)C1CCCCC1)C(C)(C)C)C(=O)NS(=O)(=O)c1ccccc1NC. The lowest BCUT2D eigenvalue weighted by molar-refractivity contribution is -0.145. The van der Waals surface area contributed by atoms with Gasteiger partial charge < -0.3 is 26.2 Å². The second-order valence-electron chi connectivity index (χ2n) is 18.9. The summed E-state index contributed by atoms with van der Waals surface area (Å²) in [4.78, 5) is 72.7. The van der Waals surface area contributed by atoms with E-state index in [0.29, 0.717) is 18.7 Å². The molecule has 1 aromatic rings. The van der Waals surface area contributed by atoms with Crippen LogP contribution in [0.15, 0.2) is 41.8 Å². The average Bonchev–Trinajstić information content (AvgIpc) is 4.08. The van der Waals surface area contributed by atoms with E-state index in [1.807, 2.05) is 20.8 Å². The summed E-state index contributed by atoms with van der Waals surface area (Å²) < 4.78 is 29.3. The number of amides is 5. The molecule has 1 aliphatic heterocycles. The van der Waals surface area contributed by atoms with Gasteiger partial charge in [0.2, 0.25) is 23.6 Å². The zero-order chi connectivity index (χ0) is 41.5. The highest BCUT2D eigenvalue weighted by atomic mass is 32.2. The smallest absolute Gasteiger partial charge is 0.266 e. The second-order valence-corrected chi connectivity index (χ2v) is 20.5. The molecule has 1 saturated heterocycles. The number of para-hydroxylation sites is 1. The third kappa shape index (κ3) is 8.61. The summed E-state index contributed by atoms with van der Waals surface area (Å²) in [7, 11) is -2.75. The number of benzene rings is 1. The van der Waals surface area contributed by atoms with E-state index in [4.69, 9.17) is 0 Å². The fourth-order valence-corrected chi connectivity index (χ4v) is 10.9. The maximum Gasteiger partial charge on any atom is 0.266 e. The van der Waals surface area contributed by atoms with Gasteiger partial charge >= 0.3 is 0 Å². The number of nitrogens with zero attached hydrogens (tertiary/aromatic N) is 1. The van der Waals surface area contributed by atoms with Gasteiger partial charge in [-0.05, 0) is 92.1 Å². The van der Waals surface area contributed by atoms with Crippen molar-refractivity contribution in [1.29, 1.82) is 0 Å². The summed E-state index contributed by atoms with van der Waals surface area (Å²) in [5, 5.41) is 11.9. The highest BCUT2D eigenvalue weighted by Gasteiger charge is 2.63. The number of hydrogen-bond donors (Lipinski definition) is 5. The van der Waals surface area contributed by atoms with Crippen LogP contribution in [0.25, 0.3) is 0 Å². The number of carbonyl (C=O) groups is 5. The van der Waals surface area contributed by atoms with Gasteiger partial charge in [0, 0.05) is 25.4 Å². The molecular weight excluding hydrogens is 745 g/mol. The molecule has 13 nitrogen and oxygen atoms in total. The van der Waals surface area contributed by atoms with E-state index in [9.17, 15) is 27.6 Å². The van der Waals surface area contributed by atoms with E-state index in [1.165, 1.54) is 12.1 Å². The third-order valence-electron chi connectivity index (χ3n) is 13.8. The molecule has 57 heavy (non-hydrogen) atoms. The number of carbonyl (C=O) groups excluding carboxylic acids is 5. The van der Waals surface area contributed by atoms with Gasteiger partial charge in [-0.1, -0.05) is 78.5 Å². The summed E-state index contributed by atoms with van der Waals surface area (Å²) in [6.07, 6.45) is 11.3. The molecule has 4 aliphatic carbocycles. The normalized spacial score (nSPS) is 27.7. The van der Waals surface area contributed by atoms with Gasteiger partial charge in [-0.15, -0.1) is 6.58 Å². The van der Waals surface area contributed by atoms with Crippen molar-refractivity contribution in [3.05, 3.63) is 36.9 Å². The van der Waals surface area contributed by atoms with Gasteiger partial charge in [0.15, 0.2) is 0 Å². The Balaban J connectivity index is 1.29. The van der Waals surface area contributed by atoms with E-state index in [2.05, 4.69) is 46.4 Å². The van der Waals surface area contributed by atoms with E-state index in [-0.39, 0.29) is 52.2 Å². The second kappa shape index (κ2) is 16.4. The minimum Gasteiger partial charge on any atom is -0.387 e. The first-order chi connectivity index (χ1) is 26.9. The van der Waals surface area contributed by atoms with E-state index >= 15 is 4.79 Å². The largest absolute Gasteiger partial charge is 0.387 e. The van der Waals surface area contributed by atoms with Crippen LogP contribution in [-0.4, -0.2) is 80.1 Å². The predicted molar refractivity (Wildman–Crippen MR) is 218 cm³/mol. The minimum atomic E-state index is -4.34. The molecular formula is C43H64N6O7S. The van der Waals surface area contributed by atoms with Crippen molar-refractivity contribution in [3.63, 3.8) is 0 Å². The van der Waals surface area contributed by atoms with Crippen LogP contribution in [-0.2, 0) is 34.0 Å². The van der Waals surface area contributed by atoms with Crippen molar-refractivity contribution in [2.24, 2.45) is 40.4 Å². The van der Waals surface area contributed by atoms with Crippen molar-refractivity contribution in [2.75, 3.05) is 18.9 Å². The number of anilines is 1. The fraction of sp³-hybridized carbons (Fsp3) is 0.698. The molecule has 6 rings (SSSR count). The van der Waals surface area contributed by atoms with Crippen molar-refractivity contribution in [3.8, 4) is 0 Å². The molecule has 5 fully saturated rings. The van der Waals surface area contributed by atoms with E-state index in [0.717, 1.165) is 64.2 Å². The van der Waals surface area contributed by atoms with Gasteiger partial charge in [0.05, 0.1) is 5.69 Å². The zero-order valence-corrected chi connectivity index (χ0v) is 35.4. The lowest BCUT2D eigenvalue weighted by atomic mass is 9.59. The first-order valence-corrected chi connectivity index (χ1v) is 22.6. The predicted octanol–water partition coefficient (Wildman–Crippen LogP) is 4.64. The molecule has 0 unspecified atom stereocenters. The average molecular weight is 809 g/mol. The van der Waals surface area contributed by atoms with Crippen molar-refractivity contribution < 1.29 is 32.4 Å². The molecule has 0 spiro atoms. The number of rotatable bonds is 15. The molecule has 5 aliphatic rings. The maximum atomic E-state index is 15.1. The Morgan fingerprint density at radius 3 is 2.11 bits per heavy atom. The molecule has 5 N–H and O–H groups in total. The van der Waals surface area contributed by atoms with Gasteiger partial charge in [-0.3, -0.25) is 24.0 Å². The van der Waals surface area contributed by atoms with Crippen LogP contribution in [0.1, 0.15) is 112 Å². The van der Waals surface area contributed by atoms with E-state index < -0.39 is 62.7 Å². The number of nitrogens with one attached hydrogen (secondary N) is 5. The van der Waals surface area contributed by atoms with Crippen molar-refractivity contribution >= 4 is 45.2 Å². The van der Waals surface area contributed by atoms with Gasteiger partial charge in [-0.2, -0.15) is 0 Å². The molecule has 1 aromatic carbocycles. The summed E-state index contributed by atoms with van der Waals surface area (Å²) in [5.74, 6) is -2.57. The Bertz CT molecular complexity index is 1850. The van der Waals surface area contributed by atoms with Crippen LogP contribution >= 0.6 is 0 Å². The molecule has 14 heteroatoms. The van der Waals surface area contributed by atoms with Crippen LogP contribution in [0.5, 0.6) is 0 Å². The van der Waals surface area contributed by atoms with Gasteiger partial charge in [0.1, 0.15) is 28.6 Å². The van der Waals surface area contributed by atoms with Crippen LogP contribution < -0.4 is 26.0 Å². The molecule has 0 radical (unpaired) electrons. The highest BCUT2D eigenvalue weighted by molar-refractivity contribution is 7.90. The van der Waals surface area contributed by atoms with Crippen LogP contribution in [0.3, 0.4) is 0 Å². The quantitative estimate of drug-likeness (QED) is 0.159. The van der Waals surface area contributed by atoms with Crippen molar-refractivity contribution in [2.45, 2.75) is 140 Å². The molecule has 0 aromatic heterocycles. The third-order valence-corrected chi connectivity index (χ3v) is 15.2. The topological polar surface area (TPSA) is 183 Å². The zero-order valence-electron chi connectivity index (χ0n) is 34.6. The highest BCUT2D eigenvalue weighted by Crippen LogP contribution is 2.55. The standard InChI is InChI=1S/C43H64N6O7S/c1-8-29-23-43(29,40(54)48-57(55,56)33-20-13-12-19-31(33)44-7)47-37(51)32-24-42(26(2)3,30-17-14-18-30)25-49(32)39(53)35(41(4,5)6)46-38(52)34(27-15-10-9-11-16-27)45-36(50)28-21-22-28/h8,12-13,19-20,26-30,32,34-35,44H,1,9-11,14-18,21-25H2,2-7H3,(H,45,50)(H,46,52)(H,47,51)(H,48,54)/t29-,32+,34+,35-,42-,43-/m1/s1. The number of hydrogen-bond acceptors (Lipinski definition) is 8. The molecule has 4 saturated carbocycles. The lowest BCUT2D eigenvalue weighted by Gasteiger charge is -2.46. The molecule has 0 bridgehead atoms. The summed E-state index contributed by atoms with van der Waals surface area (Å²) in [5.41, 5.74) is -2.43.